The van der Waals surface area contributed by atoms with Crippen molar-refractivity contribution in [2.75, 3.05) is 6.54 Å². The molecule has 2 rings (SSSR count). The van der Waals surface area contributed by atoms with Gasteiger partial charge < -0.3 is 10.2 Å². The third-order valence-electron chi connectivity index (χ3n) is 3.05. The van der Waals surface area contributed by atoms with E-state index >= 15 is 0 Å². The Hall–Kier alpha value is -1.35. The molecule has 0 saturated heterocycles. The Morgan fingerprint density at radius 2 is 2.12 bits per heavy atom. The van der Waals surface area contributed by atoms with Crippen LogP contribution < -0.4 is 5.73 Å². The van der Waals surface area contributed by atoms with E-state index in [4.69, 9.17) is 10.2 Å². The fourth-order valence-electron chi connectivity index (χ4n) is 1.97. The van der Waals surface area contributed by atoms with Gasteiger partial charge in [-0.3, -0.25) is 0 Å². The van der Waals surface area contributed by atoms with Gasteiger partial charge in [0.25, 0.3) is 0 Å². The molecule has 3 nitrogen and oxygen atoms in total. The molecule has 0 atom stereocenters. The highest BCUT2D eigenvalue weighted by molar-refractivity contribution is 5.73. The van der Waals surface area contributed by atoms with Gasteiger partial charge in [-0.25, -0.2) is 4.98 Å². The first-order chi connectivity index (χ1) is 7.53. The number of hydrogen-bond acceptors (Lipinski definition) is 3. The summed E-state index contributed by atoms with van der Waals surface area (Å²) in [6.45, 7) is 6.97. The fourth-order valence-corrected chi connectivity index (χ4v) is 1.97. The van der Waals surface area contributed by atoms with Crippen LogP contribution in [0.4, 0.5) is 0 Å². The van der Waals surface area contributed by atoms with Crippen molar-refractivity contribution in [3.05, 3.63) is 29.7 Å². The number of oxazole rings is 1. The summed E-state index contributed by atoms with van der Waals surface area (Å²) in [5.74, 6) is 0.712. The van der Waals surface area contributed by atoms with E-state index < -0.39 is 0 Å². The SMILES string of the molecule is Cc1nc2cc(C(C)(C)CCN)ccc2o1. The standard InChI is InChI=1S/C13H18N2O/c1-9-15-11-8-10(4-5-12(11)16-9)13(2,3)6-7-14/h4-5,8H,6-7,14H2,1-3H3. The lowest BCUT2D eigenvalue weighted by Crippen LogP contribution is -2.21. The molecule has 16 heavy (non-hydrogen) atoms. The van der Waals surface area contributed by atoms with Crippen molar-refractivity contribution in [1.82, 2.24) is 4.98 Å². The third kappa shape index (κ3) is 1.95. The smallest absolute Gasteiger partial charge is 0.192 e. The lowest BCUT2D eigenvalue weighted by atomic mass is 9.81. The highest BCUT2D eigenvalue weighted by Gasteiger charge is 2.20. The van der Waals surface area contributed by atoms with E-state index in [2.05, 4.69) is 31.0 Å². The molecular weight excluding hydrogens is 200 g/mol. The maximum Gasteiger partial charge on any atom is 0.192 e. The highest BCUT2D eigenvalue weighted by Crippen LogP contribution is 2.29. The van der Waals surface area contributed by atoms with Crippen LogP contribution in [0.15, 0.2) is 22.6 Å². The summed E-state index contributed by atoms with van der Waals surface area (Å²) in [4.78, 5) is 4.35. The molecule has 0 aliphatic heterocycles. The maximum atomic E-state index is 5.63. The third-order valence-corrected chi connectivity index (χ3v) is 3.05. The first-order valence-electron chi connectivity index (χ1n) is 5.61. The van der Waals surface area contributed by atoms with Crippen LogP contribution in [0.5, 0.6) is 0 Å². The van der Waals surface area contributed by atoms with Crippen molar-refractivity contribution in [2.45, 2.75) is 32.6 Å². The van der Waals surface area contributed by atoms with E-state index in [1.54, 1.807) is 0 Å². The van der Waals surface area contributed by atoms with Gasteiger partial charge in [0.1, 0.15) is 5.52 Å². The van der Waals surface area contributed by atoms with Crippen LogP contribution >= 0.6 is 0 Å². The molecule has 0 amide bonds. The van der Waals surface area contributed by atoms with Gasteiger partial charge in [-0.1, -0.05) is 19.9 Å². The monoisotopic (exact) mass is 218 g/mol. The second kappa shape index (κ2) is 3.91. The molecule has 3 heteroatoms. The molecule has 0 aliphatic carbocycles. The van der Waals surface area contributed by atoms with E-state index in [-0.39, 0.29) is 5.41 Å². The van der Waals surface area contributed by atoms with Gasteiger partial charge in [0.2, 0.25) is 0 Å². The van der Waals surface area contributed by atoms with Crippen molar-refractivity contribution in [3.63, 3.8) is 0 Å². The molecule has 1 aromatic heterocycles. The Bertz CT molecular complexity index is 500. The van der Waals surface area contributed by atoms with Crippen molar-refractivity contribution < 1.29 is 4.42 Å². The Kier molecular flexibility index (Phi) is 2.72. The summed E-state index contributed by atoms with van der Waals surface area (Å²) < 4.78 is 5.46. The number of benzene rings is 1. The average molecular weight is 218 g/mol. The second-order valence-corrected chi connectivity index (χ2v) is 4.84. The molecule has 0 unspecified atom stereocenters. The van der Waals surface area contributed by atoms with Crippen LogP contribution in [0.3, 0.4) is 0 Å². The van der Waals surface area contributed by atoms with Crippen molar-refractivity contribution in [3.8, 4) is 0 Å². The quantitative estimate of drug-likeness (QED) is 0.861. The molecule has 2 N–H and O–H groups in total. The van der Waals surface area contributed by atoms with Crippen LogP contribution in [0.2, 0.25) is 0 Å². The van der Waals surface area contributed by atoms with E-state index in [0.717, 1.165) is 17.5 Å². The summed E-state index contributed by atoms with van der Waals surface area (Å²) in [6, 6.07) is 6.19. The molecule has 1 heterocycles. The zero-order valence-corrected chi connectivity index (χ0v) is 10.1. The van der Waals surface area contributed by atoms with Gasteiger partial charge in [-0.05, 0) is 36.1 Å². The topological polar surface area (TPSA) is 52.0 Å². The van der Waals surface area contributed by atoms with Gasteiger partial charge >= 0.3 is 0 Å². The summed E-state index contributed by atoms with van der Waals surface area (Å²) in [6.07, 6.45) is 0.968. The Labute approximate surface area is 95.7 Å². The number of fused-ring (bicyclic) bond motifs is 1. The number of hydrogen-bond donors (Lipinski definition) is 1. The van der Waals surface area contributed by atoms with Crippen molar-refractivity contribution in [1.29, 1.82) is 0 Å². The molecule has 86 valence electrons. The number of aromatic nitrogens is 1. The first-order valence-corrected chi connectivity index (χ1v) is 5.61. The highest BCUT2D eigenvalue weighted by atomic mass is 16.3. The zero-order chi connectivity index (χ0) is 11.8. The number of aryl methyl sites for hydroxylation is 1. The van der Waals surface area contributed by atoms with Gasteiger partial charge in [-0.15, -0.1) is 0 Å². The molecule has 0 fully saturated rings. The minimum absolute atomic E-state index is 0.0931. The lowest BCUT2D eigenvalue weighted by molar-refractivity contribution is 0.488. The average Bonchev–Trinajstić information content (AvgIpc) is 2.56. The van der Waals surface area contributed by atoms with Crippen LogP contribution in [0.1, 0.15) is 31.7 Å². The molecule has 0 bridgehead atoms. The van der Waals surface area contributed by atoms with Gasteiger partial charge in [0, 0.05) is 6.92 Å². The van der Waals surface area contributed by atoms with Crippen LogP contribution in [-0.2, 0) is 5.41 Å². The summed E-state index contributed by atoms with van der Waals surface area (Å²) >= 11 is 0. The Morgan fingerprint density at radius 3 is 2.81 bits per heavy atom. The van der Waals surface area contributed by atoms with Crippen LogP contribution in [-0.4, -0.2) is 11.5 Å². The van der Waals surface area contributed by atoms with Gasteiger partial charge in [-0.2, -0.15) is 0 Å². The van der Waals surface area contributed by atoms with E-state index in [9.17, 15) is 0 Å². The summed E-state index contributed by atoms with van der Waals surface area (Å²) in [7, 11) is 0. The minimum atomic E-state index is 0.0931. The Morgan fingerprint density at radius 1 is 1.38 bits per heavy atom. The minimum Gasteiger partial charge on any atom is -0.441 e. The van der Waals surface area contributed by atoms with Crippen LogP contribution in [0.25, 0.3) is 11.1 Å². The van der Waals surface area contributed by atoms with E-state index in [0.29, 0.717) is 12.4 Å². The predicted octanol–water partition coefficient (Wildman–Crippen LogP) is 2.76. The first kappa shape index (κ1) is 11.1. The van der Waals surface area contributed by atoms with E-state index in [1.807, 2.05) is 13.0 Å². The number of rotatable bonds is 3. The largest absolute Gasteiger partial charge is 0.441 e. The molecule has 1 aromatic carbocycles. The molecule has 2 aromatic rings. The van der Waals surface area contributed by atoms with Crippen LogP contribution in [0, 0.1) is 6.92 Å². The Balaban J connectivity index is 2.45. The molecular formula is C13H18N2O. The van der Waals surface area contributed by atoms with Gasteiger partial charge in [0.15, 0.2) is 11.5 Å². The van der Waals surface area contributed by atoms with Crippen molar-refractivity contribution >= 4 is 11.1 Å². The molecule has 0 saturated carbocycles. The summed E-state index contributed by atoms with van der Waals surface area (Å²) in [5.41, 5.74) is 8.77. The molecule has 0 aliphatic rings. The van der Waals surface area contributed by atoms with E-state index in [1.165, 1.54) is 5.56 Å². The lowest BCUT2D eigenvalue weighted by Gasteiger charge is -2.24. The zero-order valence-electron chi connectivity index (χ0n) is 10.1. The molecule has 0 radical (unpaired) electrons. The number of nitrogens with two attached hydrogens (primary N) is 1. The second-order valence-electron chi connectivity index (χ2n) is 4.84. The number of nitrogens with zero attached hydrogens (tertiary/aromatic N) is 1. The molecule has 0 spiro atoms. The normalized spacial score (nSPS) is 12.2. The van der Waals surface area contributed by atoms with Crippen molar-refractivity contribution in [2.24, 2.45) is 5.73 Å². The maximum absolute atomic E-state index is 5.63. The predicted molar refractivity (Wildman–Crippen MR) is 65.4 cm³/mol. The summed E-state index contributed by atoms with van der Waals surface area (Å²) in [5, 5.41) is 0. The fraction of sp³-hybridized carbons (Fsp3) is 0.462. The van der Waals surface area contributed by atoms with Gasteiger partial charge in [0.05, 0.1) is 0 Å².